The smallest absolute Gasteiger partial charge is 0.150 e. The molecular formula is C71H93N3OS2. The van der Waals surface area contributed by atoms with Crippen LogP contribution in [0.5, 0.6) is 0 Å². The molecule has 0 fully saturated rings. The maximum atomic E-state index is 12.1. The summed E-state index contributed by atoms with van der Waals surface area (Å²) in [6.45, 7) is 47.0. The Labute approximate surface area is 475 Å². The Hall–Kier alpha value is -5.43. The van der Waals surface area contributed by atoms with Gasteiger partial charge in [0.2, 0.25) is 0 Å². The molecule has 0 bridgehead atoms. The standard InChI is InChI=1S/C71H93N3OS2/c1-64(2,3)46-68(13,14)51-23-33-55(34-24-51)72(56-35-25-52(26-36-56)69(15,16)47-65(4,5)6)60-41-43-62(76-60)74(59-31-21-50(45-75)22-32-59)63-44-42-61(77-63)73(57-37-27-53(28-38-57)70(17,18)48-66(7,8)9)58-39-29-54(30-40-58)71(19,20)49-67(10,11)12/h21-45H,46-49H2,1-20H3. The van der Waals surface area contributed by atoms with Crippen molar-refractivity contribution in [2.45, 2.75) is 186 Å². The van der Waals surface area contributed by atoms with Crippen molar-refractivity contribution in [3.8, 4) is 0 Å². The minimum Gasteiger partial charge on any atom is -0.302 e. The zero-order valence-corrected chi connectivity index (χ0v) is 52.5. The summed E-state index contributed by atoms with van der Waals surface area (Å²) in [6.07, 6.45) is 5.25. The van der Waals surface area contributed by atoms with Gasteiger partial charge in [-0.15, -0.1) is 0 Å². The number of nitrogens with zero attached hydrogens (tertiary/aromatic N) is 3. The summed E-state index contributed by atoms with van der Waals surface area (Å²) in [5, 5.41) is 4.37. The molecule has 0 amide bonds. The largest absolute Gasteiger partial charge is 0.302 e. The van der Waals surface area contributed by atoms with Crippen LogP contribution >= 0.6 is 22.7 Å². The maximum Gasteiger partial charge on any atom is 0.150 e. The van der Waals surface area contributed by atoms with Gasteiger partial charge < -0.3 is 9.80 Å². The number of hydrogen-bond acceptors (Lipinski definition) is 6. The van der Waals surface area contributed by atoms with E-state index in [2.05, 4.69) is 287 Å². The second-order valence-corrected chi connectivity index (χ2v) is 31.7. The van der Waals surface area contributed by atoms with Crippen molar-refractivity contribution in [3.63, 3.8) is 0 Å². The average molecular weight is 1070 g/mol. The van der Waals surface area contributed by atoms with Crippen molar-refractivity contribution in [2.75, 3.05) is 14.7 Å². The lowest BCUT2D eigenvalue weighted by molar-refractivity contribution is 0.112. The van der Waals surface area contributed by atoms with Gasteiger partial charge in [0.05, 0.1) is 0 Å². The van der Waals surface area contributed by atoms with Gasteiger partial charge in [-0.1, -0.05) is 210 Å². The highest BCUT2D eigenvalue weighted by Crippen LogP contribution is 2.51. The number of carbonyl (C=O) groups excluding carboxylic acids is 1. The Morgan fingerprint density at radius 3 is 0.688 bits per heavy atom. The summed E-state index contributed by atoms with van der Waals surface area (Å²) in [5.41, 5.74) is 12.4. The van der Waals surface area contributed by atoms with Crippen molar-refractivity contribution >= 4 is 77.4 Å². The van der Waals surface area contributed by atoms with Gasteiger partial charge in [0.1, 0.15) is 26.3 Å². The van der Waals surface area contributed by atoms with Crippen LogP contribution in [0.2, 0.25) is 0 Å². The van der Waals surface area contributed by atoms with E-state index in [9.17, 15) is 4.79 Å². The third kappa shape index (κ3) is 15.0. The average Bonchev–Trinajstić information content (AvgIpc) is 3.98. The number of benzene rings is 5. The molecule has 410 valence electrons. The molecular weight excluding hydrogens is 975 g/mol. The third-order valence-electron chi connectivity index (χ3n) is 14.8. The van der Waals surface area contributed by atoms with Gasteiger partial charge in [-0.25, -0.2) is 0 Å². The quantitative estimate of drug-likeness (QED) is 0.0800. The van der Waals surface area contributed by atoms with Gasteiger partial charge in [-0.05, 0) is 188 Å². The van der Waals surface area contributed by atoms with Crippen LogP contribution < -0.4 is 14.7 Å². The summed E-state index contributed by atoms with van der Waals surface area (Å²) in [4.78, 5) is 19.3. The number of thiophene rings is 2. The highest BCUT2D eigenvalue weighted by atomic mass is 32.1. The monoisotopic (exact) mass is 1070 g/mol. The summed E-state index contributed by atoms with van der Waals surface area (Å²) in [7, 11) is 0. The predicted molar refractivity (Wildman–Crippen MR) is 340 cm³/mol. The van der Waals surface area contributed by atoms with Crippen LogP contribution in [-0.2, 0) is 21.7 Å². The molecule has 6 heteroatoms. The van der Waals surface area contributed by atoms with E-state index >= 15 is 0 Å². The molecule has 0 saturated heterocycles. The first-order chi connectivity index (χ1) is 35.5. The van der Waals surface area contributed by atoms with Crippen LogP contribution in [0.25, 0.3) is 0 Å². The van der Waals surface area contributed by atoms with E-state index in [-0.39, 0.29) is 43.3 Å². The van der Waals surface area contributed by atoms with Crippen LogP contribution in [0, 0.1) is 21.7 Å². The van der Waals surface area contributed by atoms with Gasteiger partial charge >= 0.3 is 0 Å². The van der Waals surface area contributed by atoms with Crippen molar-refractivity contribution in [2.24, 2.45) is 21.7 Å². The molecule has 0 atom stereocenters. The Balaban J connectivity index is 1.35. The predicted octanol–water partition coefficient (Wildman–Crippen LogP) is 22.9. The van der Waals surface area contributed by atoms with E-state index in [4.69, 9.17) is 0 Å². The van der Waals surface area contributed by atoms with Crippen LogP contribution in [0.4, 0.5) is 48.4 Å². The van der Waals surface area contributed by atoms with Gasteiger partial charge in [-0.3, -0.25) is 9.69 Å². The number of rotatable bonds is 18. The molecule has 77 heavy (non-hydrogen) atoms. The zero-order chi connectivity index (χ0) is 56.7. The molecule has 0 N–H and O–H groups in total. The fourth-order valence-electron chi connectivity index (χ4n) is 12.9. The molecule has 0 spiro atoms. The van der Waals surface area contributed by atoms with Crippen LogP contribution in [0.1, 0.15) is 197 Å². The molecule has 0 aliphatic carbocycles. The van der Waals surface area contributed by atoms with E-state index in [1.807, 2.05) is 12.1 Å². The van der Waals surface area contributed by atoms with E-state index in [1.165, 1.54) is 22.3 Å². The second kappa shape index (κ2) is 22.0. The Morgan fingerprint density at radius 2 is 0.481 bits per heavy atom. The zero-order valence-electron chi connectivity index (χ0n) is 50.8. The first-order valence-corrected chi connectivity index (χ1v) is 29.7. The molecule has 7 rings (SSSR count). The first-order valence-electron chi connectivity index (χ1n) is 28.1. The summed E-state index contributed by atoms with van der Waals surface area (Å²) in [5.74, 6) is 0. The Morgan fingerprint density at radius 1 is 0.286 bits per heavy atom. The van der Waals surface area contributed by atoms with Gasteiger partial charge in [-0.2, -0.15) is 0 Å². The van der Waals surface area contributed by atoms with Crippen LogP contribution in [-0.4, -0.2) is 6.29 Å². The van der Waals surface area contributed by atoms with Crippen molar-refractivity contribution in [3.05, 3.63) is 173 Å². The van der Waals surface area contributed by atoms with Gasteiger partial charge in [0.25, 0.3) is 0 Å². The highest BCUT2D eigenvalue weighted by Gasteiger charge is 2.32. The number of carbonyl (C=O) groups is 1. The molecule has 0 radical (unpaired) electrons. The second-order valence-electron chi connectivity index (χ2n) is 29.6. The summed E-state index contributed by atoms with van der Waals surface area (Å²) >= 11 is 3.55. The van der Waals surface area contributed by atoms with Crippen molar-refractivity contribution < 1.29 is 4.79 Å². The molecule has 0 aliphatic rings. The lowest BCUT2D eigenvalue weighted by atomic mass is 9.72. The topological polar surface area (TPSA) is 26.8 Å². The molecule has 7 aromatic rings. The molecule has 2 heterocycles. The molecule has 2 aromatic heterocycles. The van der Waals surface area contributed by atoms with Crippen LogP contribution in [0.3, 0.4) is 0 Å². The molecule has 0 unspecified atom stereocenters. The molecule has 0 aliphatic heterocycles. The van der Waals surface area contributed by atoms with Crippen molar-refractivity contribution in [1.82, 2.24) is 0 Å². The van der Waals surface area contributed by atoms with E-state index in [0.29, 0.717) is 5.56 Å². The van der Waals surface area contributed by atoms with Crippen LogP contribution in [0.15, 0.2) is 146 Å². The fraction of sp³-hybridized carbons (Fsp3) is 0.451. The number of anilines is 9. The van der Waals surface area contributed by atoms with E-state index < -0.39 is 0 Å². The van der Waals surface area contributed by atoms with E-state index in [1.54, 1.807) is 22.7 Å². The molecule has 4 nitrogen and oxygen atoms in total. The lowest BCUT2D eigenvalue weighted by Crippen LogP contribution is -2.25. The summed E-state index contributed by atoms with van der Waals surface area (Å²) < 4.78 is 0. The fourth-order valence-corrected chi connectivity index (χ4v) is 15.2. The molecule has 5 aromatic carbocycles. The summed E-state index contributed by atoms with van der Waals surface area (Å²) in [6, 6.07) is 54.2. The first kappa shape index (κ1) is 59.2. The number of hydrogen-bond donors (Lipinski definition) is 0. The third-order valence-corrected chi connectivity index (χ3v) is 17.0. The van der Waals surface area contributed by atoms with E-state index in [0.717, 1.165) is 80.4 Å². The lowest BCUT2D eigenvalue weighted by Gasteiger charge is -2.34. The Bertz CT molecular complexity index is 2720. The van der Waals surface area contributed by atoms with Gasteiger partial charge in [0.15, 0.2) is 0 Å². The Kier molecular flexibility index (Phi) is 16.9. The van der Waals surface area contributed by atoms with Gasteiger partial charge in [0, 0.05) is 34.0 Å². The minimum absolute atomic E-state index is 0.0198. The minimum atomic E-state index is 0.0198. The normalized spacial score (nSPS) is 13.2. The number of aldehydes is 1. The molecule has 0 saturated carbocycles. The van der Waals surface area contributed by atoms with Crippen molar-refractivity contribution in [1.29, 1.82) is 0 Å². The highest BCUT2D eigenvalue weighted by molar-refractivity contribution is 7.22. The SMILES string of the molecule is CC(C)(C)CC(C)(C)c1ccc(N(c2ccc(C(C)(C)CC(C)(C)C)cc2)c2ccc(N(c3ccc(C=O)cc3)c3ccc(N(c4ccc(C(C)(C)CC(C)(C)C)cc4)c4ccc(C(C)(C)CC(C)(C)C)cc4)s3)s2)cc1. The maximum absolute atomic E-state index is 12.1.